The van der Waals surface area contributed by atoms with Gasteiger partial charge in [-0.1, -0.05) is 12.1 Å². The van der Waals surface area contributed by atoms with Crippen LogP contribution in [0.25, 0.3) is 0 Å². The van der Waals surface area contributed by atoms with Crippen LogP contribution in [0.5, 0.6) is 0 Å². The molecule has 160 valence electrons. The van der Waals surface area contributed by atoms with E-state index in [0.717, 1.165) is 17.7 Å². The van der Waals surface area contributed by atoms with Crippen molar-refractivity contribution in [2.45, 2.75) is 25.6 Å². The number of alkyl halides is 3. The number of likely N-dealkylation sites (tertiary alicyclic amines) is 1. The molecule has 1 aromatic heterocycles. The second-order valence-electron chi connectivity index (χ2n) is 7.17. The van der Waals surface area contributed by atoms with Gasteiger partial charge in [0.2, 0.25) is 11.8 Å². The van der Waals surface area contributed by atoms with E-state index in [2.05, 4.69) is 15.6 Å². The molecule has 30 heavy (non-hydrogen) atoms. The van der Waals surface area contributed by atoms with E-state index in [4.69, 9.17) is 0 Å². The molecule has 6 nitrogen and oxygen atoms in total. The van der Waals surface area contributed by atoms with E-state index in [9.17, 15) is 22.8 Å². The predicted octanol–water partition coefficient (Wildman–Crippen LogP) is 3.07. The molecule has 2 amide bonds. The Bertz CT molecular complexity index is 866. The molecule has 1 aliphatic heterocycles. The van der Waals surface area contributed by atoms with Crippen molar-refractivity contribution < 1.29 is 22.8 Å². The normalized spacial score (nSPS) is 15.0. The maximum atomic E-state index is 12.8. The number of hydrogen-bond donors (Lipinski definition) is 2. The zero-order chi connectivity index (χ0) is 21.6. The maximum absolute atomic E-state index is 12.8. The lowest BCUT2D eigenvalue weighted by molar-refractivity contribution is -0.137. The number of benzene rings is 1. The Labute approximate surface area is 172 Å². The van der Waals surface area contributed by atoms with Gasteiger partial charge in [0, 0.05) is 43.6 Å². The smallest absolute Gasteiger partial charge is 0.376 e. The van der Waals surface area contributed by atoms with Crippen LogP contribution in [-0.2, 0) is 22.3 Å². The van der Waals surface area contributed by atoms with Crippen LogP contribution in [0.4, 0.5) is 18.9 Å². The van der Waals surface area contributed by atoms with E-state index < -0.39 is 11.7 Å². The number of rotatable bonds is 6. The maximum Gasteiger partial charge on any atom is 0.416 e. The van der Waals surface area contributed by atoms with Gasteiger partial charge < -0.3 is 15.5 Å². The molecule has 0 aliphatic carbocycles. The number of piperidine rings is 1. The quantitative estimate of drug-likeness (QED) is 0.753. The molecule has 2 aromatic rings. The van der Waals surface area contributed by atoms with Crippen molar-refractivity contribution in [2.24, 2.45) is 5.92 Å². The van der Waals surface area contributed by atoms with E-state index in [1.54, 1.807) is 23.4 Å². The summed E-state index contributed by atoms with van der Waals surface area (Å²) in [6, 6.07) is 8.43. The summed E-state index contributed by atoms with van der Waals surface area (Å²) in [4.78, 5) is 30.3. The molecule has 1 saturated heterocycles. The third kappa shape index (κ3) is 5.95. The van der Waals surface area contributed by atoms with Gasteiger partial charge in [-0.3, -0.25) is 14.6 Å². The Morgan fingerprint density at radius 1 is 1.13 bits per heavy atom. The molecule has 0 atom stereocenters. The number of nitrogens with one attached hydrogen (secondary N) is 2. The Morgan fingerprint density at radius 2 is 1.90 bits per heavy atom. The van der Waals surface area contributed by atoms with Gasteiger partial charge in [0.25, 0.3) is 0 Å². The SMILES string of the molecule is O=C(NCc1cccnc1)C1CCN(C(=O)CNc2cccc(C(F)(F)F)c2)CC1. The number of carbonyl (C=O) groups excluding carboxylic acids is 2. The van der Waals surface area contributed by atoms with Crippen LogP contribution in [0, 0.1) is 5.92 Å². The summed E-state index contributed by atoms with van der Waals surface area (Å²) in [6.45, 7) is 1.19. The highest BCUT2D eigenvalue weighted by Crippen LogP contribution is 2.30. The van der Waals surface area contributed by atoms with Gasteiger partial charge in [0.05, 0.1) is 12.1 Å². The average molecular weight is 420 g/mol. The monoisotopic (exact) mass is 420 g/mol. The first-order chi connectivity index (χ1) is 14.3. The van der Waals surface area contributed by atoms with Crippen LogP contribution in [0.1, 0.15) is 24.0 Å². The van der Waals surface area contributed by atoms with Crippen LogP contribution < -0.4 is 10.6 Å². The van der Waals surface area contributed by atoms with Crippen LogP contribution in [0.15, 0.2) is 48.8 Å². The van der Waals surface area contributed by atoms with Crippen molar-refractivity contribution in [1.29, 1.82) is 0 Å². The van der Waals surface area contributed by atoms with Crippen molar-refractivity contribution in [3.05, 3.63) is 59.9 Å². The molecule has 2 N–H and O–H groups in total. The minimum atomic E-state index is -4.43. The van der Waals surface area contributed by atoms with Crippen LogP contribution in [0.2, 0.25) is 0 Å². The number of pyridine rings is 1. The Hall–Kier alpha value is -3.10. The van der Waals surface area contributed by atoms with Gasteiger partial charge in [-0.05, 0) is 42.7 Å². The molecule has 1 fully saturated rings. The second-order valence-corrected chi connectivity index (χ2v) is 7.17. The summed E-state index contributed by atoms with van der Waals surface area (Å²) in [5, 5.41) is 5.64. The van der Waals surface area contributed by atoms with Crippen molar-refractivity contribution in [2.75, 3.05) is 25.0 Å². The number of amides is 2. The van der Waals surface area contributed by atoms with Crippen LogP contribution in [0.3, 0.4) is 0 Å². The average Bonchev–Trinajstić information content (AvgIpc) is 2.76. The van der Waals surface area contributed by atoms with Crippen molar-refractivity contribution in [1.82, 2.24) is 15.2 Å². The number of nitrogens with zero attached hydrogens (tertiary/aromatic N) is 2. The largest absolute Gasteiger partial charge is 0.416 e. The lowest BCUT2D eigenvalue weighted by Gasteiger charge is -2.31. The van der Waals surface area contributed by atoms with Crippen molar-refractivity contribution >= 4 is 17.5 Å². The van der Waals surface area contributed by atoms with E-state index in [1.165, 1.54) is 12.1 Å². The third-order valence-corrected chi connectivity index (χ3v) is 5.04. The summed E-state index contributed by atoms with van der Waals surface area (Å²) < 4.78 is 38.3. The Balaban J connectivity index is 1.42. The number of hydrogen-bond acceptors (Lipinski definition) is 4. The zero-order valence-corrected chi connectivity index (χ0v) is 16.3. The fourth-order valence-corrected chi connectivity index (χ4v) is 3.32. The molecule has 0 spiro atoms. The highest BCUT2D eigenvalue weighted by Gasteiger charge is 2.30. The molecule has 2 heterocycles. The zero-order valence-electron chi connectivity index (χ0n) is 16.3. The predicted molar refractivity (Wildman–Crippen MR) is 105 cm³/mol. The molecular formula is C21H23F3N4O2. The number of carbonyl (C=O) groups is 2. The van der Waals surface area contributed by atoms with E-state index in [0.29, 0.717) is 32.5 Å². The molecule has 1 aromatic carbocycles. The van der Waals surface area contributed by atoms with Gasteiger partial charge in [0.1, 0.15) is 0 Å². The first-order valence-electron chi connectivity index (χ1n) is 9.68. The molecular weight excluding hydrogens is 397 g/mol. The number of aromatic nitrogens is 1. The summed E-state index contributed by atoms with van der Waals surface area (Å²) in [7, 11) is 0. The highest BCUT2D eigenvalue weighted by molar-refractivity contribution is 5.82. The number of anilines is 1. The van der Waals surface area contributed by atoms with Gasteiger partial charge in [0.15, 0.2) is 0 Å². The van der Waals surface area contributed by atoms with Gasteiger partial charge in [-0.25, -0.2) is 0 Å². The molecule has 0 bridgehead atoms. The molecule has 9 heteroatoms. The first-order valence-corrected chi connectivity index (χ1v) is 9.68. The fraction of sp³-hybridized carbons (Fsp3) is 0.381. The third-order valence-electron chi connectivity index (χ3n) is 5.04. The van der Waals surface area contributed by atoms with Crippen molar-refractivity contribution in [3.8, 4) is 0 Å². The highest BCUT2D eigenvalue weighted by atomic mass is 19.4. The molecule has 0 radical (unpaired) electrons. The van der Waals surface area contributed by atoms with E-state index >= 15 is 0 Å². The van der Waals surface area contributed by atoms with Crippen LogP contribution in [-0.4, -0.2) is 41.3 Å². The van der Waals surface area contributed by atoms with E-state index in [1.807, 2.05) is 6.07 Å². The Kier molecular flexibility index (Phi) is 6.91. The van der Waals surface area contributed by atoms with Crippen molar-refractivity contribution in [3.63, 3.8) is 0 Å². The van der Waals surface area contributed by atoms with Gasteiger partial charge in [-0.15, -0.1) is 0 Å². The Morgan fingerprint density at radius 3 is 2.57 bits per heavy atom. The van der Waals surface area contributed by atoms with Crippen LogP contribution >= 0.6 is 0 Å². The number of halogens is 3. The minimum absolute atomic E-state index is 0.0481. The van der Waals surface area contributed by atoms with E-state index in [-0.39, 0.29) is 30.0 Å². The standard InChI is InChI=1S/C21H23F3N4O2/c22-21(23,24)17-4-1-5-18(11-17)26-14-19(29)28-9-6-16(7-10-28)20(30)27-13-15-3-2-8-25-12-15/h1-5,8,11-12,16,26H,6-7,9-10,13-14H2,(H,27,30). The molecule has 1 aliphatic rings. The lowest BCUT2D eigenvalue weighted by Crippen LogP contribution is -2.44. The fourth-order valence-electron chi connectivity index (χ4n) is 3.32. The minimum Gasteiger partial charge on any atom is -0.376 e. The summed E-state index contributed by atoms with van der Waals surface area (Å²) in [5.41, 5.74) is 0.389. The second kappa shape index (κ2) is 9.60. The van der Waals surface area contributed by atoms with Gasteiger partial charge in [-0.2, -0.15) is 13.2 Å². The summed E-state index contributed by atoms with van der Waals surface area (Å²) in [6.07, 6.45) is 0.0302. The summed E-state index contributed by atoms with van der Waals surface area (Å²) in [5.74, 6) is -0.420. The lowest BCUT2D eigenvalue weighted by atomic mass is 9.95. The topological polar surface area (TPSA) is 74.3 Å². The molecule has 3 rings (SSSR count). The molecule has 0 unspecified atom stereocenters. The summed E-state index contributed by atoms with van der Waals surface area (Å²) >= 11 is 0. The first kappa shape index (κ1) is 21.6. The van der Waals surface area contributed by atoms with Gasteiger partial charge >= 0.3 is 6.18 Å². The molecule has 0 saturated carbocycles.